The Hall–Kier alpha value is -1.15. The normalized spacial score (nSPS) is 11.5. The highest BCUT2D eigenvalue weighted by Crippen LogP contribution is 2.31. The van der Waals surface area contributed by atoms with Crippen molar-refractivity contribution in [2.75, 3.05) is 4.72 Å². The Labute approximate surface area is 142 Å². The van der Waals surface area contributed by atoms with E-state index in [4.69, 9.17) is 23.2 Å². The number of aryl methyl sites for hydroxylation is 2. The minimum atomic E-state index is -3.92. The molecule has 0 aliphatic rings. The maximum atomic E-state index is 12.5. The molecule has 0 fully saturated rings. The zero-order valence-corrected chi connectivity index (χ0v) is 15.0. The molecule has 9 heteroatoms. The summed E-state index contributed by atoms with van der Waals surface area (Å²) in [5.74, 6) is -0.166. The third-order valence-electron chi connectivity index (χ3n) is 2.80. The van der Waals surface area contributed by atoms with Gasteiger partial charge in [0.2, 0.25) is 0 Å². The molecule has 0 aliphatic carbocycles. The average Bonchev–Trinajstić information content (AvgIpc) is 2.67. The number of aromatic nitrogens is 1. The minimum Gasteiger partial charge on any atom is -0.294 e. The summed E-state index contributed by atoms with van der Waals surface area (Å²) in [5, 5.41) is 0.496. The molecule has 22 heavy (non-hydrogen) atoms. The van der Waals surface area contributed by atoms with Crippen molar-refractivity contribution in [3.05, 3.63) is 38.3 Å². The summed E-state index contributed by atoms with van der Waals surface area (Å²) in [4.78, 5) is 15.8. The third-order valence-corrected chi connectivity index (χ3v) is 6.27. The van der Waals surface area contributed by atoms with Gasteiger partial charge in [0, 0.05) is 11.9 Å². The Morgan fingerprint density at radius 1 is 1.27 bits per heavy atom. The smallest absolute Gasteiger partial charge is 0.265 e. The SMILES string of the molecule is CC(=O)c1sc(NS(=O)(=O)c2c(C)cc(Cl)cc2Cl)nc1C. The molecule has 0 unspecified atom stereocenters. The number of benzene rings is 1. The fourth-order valence-corrected chi connectivity index (χ4v) is 5.25. The van der Waals surface area contributed by atoms with Gasteiger partial charge in [0.05, 0.1) is 15.6 Å². The van der Waals surface area contributed by atoms with E-state index < -0.39 is 10.0 Å². The number of Topliss-reactive ketones (excluding diaryl/α,β-unsaturated/α-hetero) is 1. The number of carbonyl (C=O) groups excluding carboxylic acids is 1. The predicted octanol–water partition coefficient (Wildman–Crippen LogP) is 4.07. The lowest BCUT2D eigenvalue weighted by molar-refractivity contribution is 0.102. The van der Waals surface area contributed by atoms with Crippen molar-refractivity contribution in [1.82, 2.24) is 4.98 Å². The Kier molecular flexibility index (Phi) is 4.81. The van der Waals surface area contributed by atoms with Gasteiger partial charge in [-0.05, 0) is 31.5 Å². The molecular formula is C13H12Cl2N2O3S2. The molecule has 0 atom stereocenters. The second-order valence-corrected chi connectivity index (χ2v) is 8.09. The molecule has 1 aromatic heterocycles. The van der Waals surface area contributed by atoms with Crippen LogP contribution in [0, 0.1) is 13.8 Å². The standard InChI is InChI=1S/C13H12Cl2N2O3S2/c1-6-4-9(14)5-10(15)12(6)22(19,20)17-13-16-7(2)11(21-13)8(3)18/h4-5H,1-3H3,(H,16,17). The van der Waals surface area contributed by atoms with Gasteiger partial charge < -0.3 is 0 Å². The molecule has 1 heterocycles. The third kappa shape index (κ3) is 3.43. The Morgan fingerprint density at radius 2 is 1.91 bits per heavy atom. The van der Waals surface area contributed by atoms with E-state index >= 15 is 0 Å². The maximum Gasteiger partial charge on any atom is 0.265 e. The van der Waals surface area contributed by atoms with Crippen LogP contribution < -0.4 is 4.72 Å². The first-order valence-electron chi connectivity index (χ1n) is 6.08. The average molecular weight is 379 g/mol. The first-order valence-corrected chi connectivity index (χ1v) is 9.14. The fourth-order valence-electron chi connectivity index (χ4n) is 1.96. The van der Waals surface area contributed by atoms with Crippen LogP contribution in [0.3, 0.4) is 0 Å². The second kappa shape index (κ2) is 6.16. The number of halogens is 2. The molecule has 0 saturated carbocycles. The molecule has 1 N–H and O–H groups in total. The van der Waals surface area contributed by atoms with Gasteiger partial charge in [0.1, 0.15) is 4.90 Å². The number of anilines is 1. The van der Waals surface area contributed by atoms with Crippen LogP contribution >= 0.6 is 34.5 Å². The number of hydrogen-bond acceptors (Lipinski definition) is 5. The number of rotatable bonds is 4. The monoisotopic (exact) mass is 378 g/mol. The molecule has 1 aromatic carbocycles. The Balaban J connectivity index is 2.45. The summed E-state index contributed by atoms with van der Waals surface area (Å²) >= 11 is 12.8. The van der Waals surface area contributed by atoms with Crippen molar-refractivity contribution in [2.24, 2.45) is 0 Å². The second-order valence-electron chi connectivity index (χ2n) is 4.63. The van der Waals surface area contributed by atoms with E-state index in [1.54, 1.807) is 13.8 Å². The van der Waals surface area contributed by atoms with Gasteiger partial charge in [0.25, 0.3) is 10.0 Å². The van der Waals surface area contributed by atoms with Gasteiger partial charge in [-0.25, -0.2) is 13.4 Å². The van der Waals surface area contributed by atoms with E-state index in [0.29, 0.717) is 21.2 Å². The lowest BCUT2D eigenvalue weighted by atomic mass is 10.2. The maximum absolute atomic E-state index is 12.5. The van der Waals surface area contributed by atoms with E-state index in [-0.39, 0.29) is 20.8 Å². The zero-order valence-electron chi connectivity index (χ0n) is 11.9. The summed E-state index contributed by atoms with van der Waals surface area (Å²) in [7, 11) is -3.92. The number of nitrogens with one attached hydrogen (secondary N) is 1. The van der Waals surface area contributed by atoms with Gasteiger partial charge in [-0.1, -0.05) is 34.5 Å². The van der Waals surface area contributed by atoms with Crippen LogP contribution in [0.15, 0.2) is 17.0 Å². The first kappa shape index (κ1) is 17.2. The molecule has 2 aromatic rings. The molecular weight excluding hydrogens is 367 g/mol. The summed E-state index contributed by atoms with van der Waals surface area (Å²) in [6, 6.07) is 2.87. The molecule has 5 nitrogen and oxygen atoms in total. The summed E-state index contributed by atoms with van der Waals surface area (Å²) in [6.07, 6.45) is 0. The molecule has 2 rings (SSSR count). The molecule has 0 saturated heterocycles. The lowest BCUT2D eigenvalue weighted by Gasteiger charge is -2.10. The van der Waals surface area contributed by atoms with E-state index in [0.717, 1.165) is 11.3 Å². The van der Waals surface area contributed by atoms with Gasteiger partial charge in [0.15, 0.2) is 10.9 Å². The Bertz CT molecular complexity index is 837. The number of sulfonamides is 1. The van der Waals surface area contributed by atoms with Crippen molar-refractivity contribution >= 4 is 55.5 Å². The van der Waals surface area contributed by atoms with E-state index in [2.05, 4.69) is 9.71 Å². The zero-order chi connectivity index (χ0) is 16.7. The predicted molar refractivity (Wildman–Crippen MR) is 88.9 cm³/mol. The highest BCUT2D eigenvalue weighted by atomic mass is 35.5. The van der Waals surface area contributed by atoms with Crippen molar-refractivity contribution < 1.29 is 13.2 Å². The van der Waals surface area contributed by atoms with Crippen LogP contribution in [-0.4, -0.2) is 19.2 Å². The van der Waals surface area contributed by atoms with Crippen molar-refractivity contribution in [2.45, 2.75) is 25.7 Å². The molecule has 0 radical (unpaired) electrons. The van der Waals surface area contributed by atoms with Crippen LogP contribution in [0.4, 0.5) is 5.13 Å². The van der Waals surface area contributed by atoms with Gasteiger partial charge in [-0.3, -0.25) is 9.52 Å². The van der Waals surface area contributed by atoms with Gasteiger partial charge in [-0.2, -0.15) is 0 Å². The summed E-state index contributed by atoms with van der Waals surface area (Å²) in [6.45, 7) is 4.64. The van der Waals surface area contributed by atoms with Crippen molar-refractivity contribution in [1.29, 1.82) is 0 Å². The number of thiazole rings is 1. The van der Waals surface area contributed by atoms with Crippen LogP contribution in [0.25, 0.3) is 0 Å². The highest BCUT2D eigenvalue weighted by molar-refractivity contribution is 7.93. The van der Waals surface area contributed by atoms with Crippen LogP contribution in [0.5, 0.6) is 0 Å². The largest absolute Gasteiger partial charge is 0.294 e. The van der Waals surface area contributed by atoms with Gasteiger partial charge >= 0.3 is 0 Å². The highest BCUT2D eigenvalue weighted by Gasteiger charge is 2.23. The number of hydrogen-bond donors (Lipinski definition) is 1. The lowest BCUT2D eigenvalue weighted by Crippen LogP contribution is -2.14. The van der Waals surface area contributed by atoms with Crippen LogP contribution in [0.2, 0.25) is 10.0 Å². The molecule has 0 bridgehead atoms. The molecule has 118 valence electrons. The number of ketones is 1. The van der Waals surface area contributed by atoms with E-state index in [1.807, 2.05) is 0 Å². The van der Waals surface area contributed by atoms with E-state index in [9.17, 15) is 13.2 Å². The minimum absolute atomic E-state index is 0.0255. The van der Waals surface area contributed by atoms with Crippen LogP contribution in [0.1, 0.15) is 27.9 Å². The molecule has 0 amide bonds. The van der Waals surface area contributed by atoms with Crippen molar-refractivity contribution in [3.8, 4) is 0 Å². The molecule has 0 aliphatic heterocycles. The number of nitrogens with zero attached hydrogens (tertiary/aromatic N) is 1. The summed E-state index contributed by atoms with van der Waals surface area (Å²) < 4.78 is 27.3. The first-order chi connectivity index (χ1) is 10.1. The van der Waals surface area contributed by atoms with Gasteiger partial charge in [-0.15, -0.1) is 0 Å². The number of carbonyl (C=O) groups is 1. The fraction of sp³-hybridized carbons (Fsp3) is 0.231. The van der Waals surface area contributed by atoms with Crippen LogP contribution in [-0.2, 0) is 10.0 Å². The van der Waals surface area contributed by atoms with Crippen molar-refractivity contribution in [3.63, 3.8) is 0 Å². The molecule has 0 spiro atoms. The topological polar surface area (TPSA) is 76.1 Å². The Morgan fingerprint density at radius 3 is 2.41 bits per heavy atom. The van der Waals surface area contributed by atoms with E-state index in [1.165, 1.54) is 19.1 Å². The quantitative estimate of drug-likeness (QED) is 0.813. The summed E-state index contributed by atoms with van der Waals surface area (Å²) in [5.41, 5.74) is 0.902.